The molecular formula is C31H64N8O4. The average Bonchev–Trinajstić information content (AvgIpc) is 2.94. The summed E-state index contributed by atoms with van der Waals surface area (Å²) in [6.07, 6.45) is 8.39. The van der Waals surface area contributed by atoms with E-state index in [1.807, 2.05) is 35.2 Å². The molecule has 0 spiro atoms. The normalized spacial score (nSPS) is 14.0. The van der Waals surface area contributed by atoms with Crippen LogP contribution in [0.15, 0.2) is 0 Å². The van der Waals surface area contributed by atoms with Gasteiger partial charge in [-0.2, -0.15) is 0 Å². The van der Waals surface area contributed by atoms with Gasteiger partial charge in [-0.05, 0) is 120 Å². The first-order valence-electron chi connectivity index (χ1n) is 16.3. The second kappa shape index (κ2) is 27.4. The summed E-state index contributed by atoms with van der Waals surface area (Å²) in [6.45, 7) is 4.90. The van der Waals surface area contributed by atoms with Crippen molar-refractivity contribution >= 4 is 23.5 Å². The molecule has 0 rings (SSSR count). The second-order valence-electron chi connectivity index (χ2n) is 11.6. The number of carbonyl (C=O) groups excluding carboxylic acids is 4. The molecule has 12 nitrogen and oxygen atoms in total. The van der Waals surface area contributed by atoms with Gasteiger partial charge in [-0.25, -0.2) is 0 Å². The van der Waals surface area contributed by atoms with Crippen LogP contribution in [-0.2, 0) is 19.2 Å². The maximum absolute atomic E-state index is 13.2. The molecule has 0 saturated carbocycles. The summed E-state index contributed by atoms with van der Waals surface area (Å²) in [5, 5.41) is 24.9. The van der Waals surface area contributed by atoms with Crippen LogP contribution in [0.4, 0.5) is 0 Å². The number of nitrogens with one attached hydrogen (secondary N) is 8. The van der Waals surface area contributed by atoms with Gasteiger partial charge in [0.15, 0.2) is 0 Å². The van der Waals surface area contributed by atoms with Crippen molar-refractivity contribution in [2.75, 3.05) is 61.4 Å². The molecular weight excluding hydrogens is 548 g/mol. The monoisotopic (exact) mass is 613 g/mol. The minimum Gasteiger partial charge on any atom is -0.353 e. The highest BCUT2D eigenvalue weighted by Gasteiger charge is 2.23. The van der Waals surface area contributed by atoms with Crippen molar-refractivity contribution in [3.8, 4) is 0 Å². The van der Waals surface area contributed by atoms with Crippen LogP contribution >= 0.6 is 0 Å². The molecule has 0 aliphatic carbocycles. The van der Waals surface area contributed by atoms with Crippen molar-refractivity contribution < 1.29 is 19.2 Å². The van der Waals surface area contributed by atoms with E-state index in [-0.39, 0.29) is 60.5 Å². The van der Waals surface area contributed by atoms with Gasteiger partial charge >= 0.3 is 0 Å². The summed E-state index contributed by atoms with van der Waals surface area (Å²) in [5.41, 5.74) is 0. The molecule has 3 amide bonds. The fourth-order valence-electron chi connectivity index (χ4n) is 5.17. The Kier molecular flexibility index (Phi) is 26.1. The highest BCUT2D eigenvalue weighted by molar-refractivity contribution is 5.82. The lowest BCUT2D eigenvalue weighted by Gasteiger charge is -2.24. The van der Waals surface area contributed by atoms with Crippen LogP contribution in [0.1, 0.15) is 90.4 Å². The number of carbonyl (C=O) groups is 4. The molecule has 0 aromatic heterocycles. The first-order valence-corrected chi connectivity index (χ1v) is 16.3. The van der Waals surface area contributed by atoms with E-state index < -0.39 is 0 Å². The zero-order valence-corrected chi connectivity index (χ0v) is 28.0. The van der Waals surface area contributed by atoms with Crippen molar-refractivity contribution in [2.24, 2.45) is 0 Å². The van der Waals surface area contributed by atoms with Gasteiger partial charge in [0.1, 0.15) is 5.78 Å². The second-order valence-corrected chi connectivity index (χ2v) is 11.6. The van der Waals surface area contributed by atoms with Gasteiger partial charge in [-0.15, -0.1) is 0 Å². The van der Waals surface area contributed by atoms with Gasteiger partial charge < -0.3 is 42.5 Å². The fraction of sp³-hybridized carbons (Fsp3) is 0.871. The van der Waals surface area contributed by atoms with E-state index in [4.69, 9.17) is 0 Å². The summed E-state index contributed by atoms with van der Waals surface area (Å²) < 4.78 is 0. The summed E-state index contributed by atoms with van der Waals surface area (Å²) >= 11 is 0. The third-order valence-corrected chi connectivity index (χ3v) is 7.50. The molecule has 0 heterocycles. The van der Waals surface area contributed by atoms with Crippen molar-refractivity contribution in [1.29, 1.82) is 0 Å². The minimum absolute atomic E-state index is 0.0446. The number of Topliss-reactive ketones (excluding diaryl/α,β-unsaturated/α-hetero) is 1. The molecule has 252 valence electrons. The molecule has 4 unspecified atom stereocenters. The van der Waals surface area contributed by atoms with Gasteiger partial charge in [0.05, 0.1) is 0 Å². The summed E-state index contributed by atoms with van der Waals surface area (Å²) in [5.74, 6) is -0.362. The number of hydrogen-bond acceptors (Lipinski definition) is 9. The van der Waals surface area contributed by atoms with Gasteiger partial charge in [-0.1, -0.05) is 6.42 Å². The maximum atomic E-state index is 13.2. The Bertz CT molecular complexity index is 755. The summed E-state index contributed by atoms with van der Waals surface area (Å²) in [4.78, 5) is 51.0. The molecule has 0 radical (unpaired) electrons. The Morgan fingerprint density at radius 2 is 0.767 bits per heavy atom. The van der Waals surface area contributed by atoms with E-state index >= 15 is 0 Å². The molecule has 0 aromatic rings. The molecule has 0 bridgehead atoms. The quantitative estimate of drug-likeness (QED) is 0.0564. The SMILES string of the molecule is CNCCCCC(CC(C)=O)NC(=O)CC(CCCNC)NC(=O)CC(CCCNC)NC(=O)CC(CCCNC)NC. The van der Waals surface area contributed by atoms with Gasteiger partial charge in [0.25, 0.3) is 0 Å². The number of hydrogen-bond donors (Lipinski definition) is 8. The smallest absolute Gasteiger partial charge is 0.222 e. The Morgan fingerprint density at radius 1 is 0.442 bits per heavy atom. The molecule has 12 heteroatoms. The fourth-order valence-corrected chi connectivity index (χ4v) is 5.17. The number of unbranched alkanes of at least 4 members (excludes halogenated alkanes) is 1. The molecule has 0 saturated heterocycles. The van der Waals surface area contributed by atoms with E-state index in [9.17, 15) is 19.2 Å². The third kappa shape index (κ3) is 24.0. The van der Waals surface area contributed by atoms with Gasteiger partial charge in [-0.3, -0.25) is 19.2 Å². The van der Waals surface area contributed by atoms with Crippen LogP contribution in [0, 0.1) is 0 Å². The Balaban J connectivity index is 5.25. The standard InChI is InChI=1S/C31H64N8O4/c1-24(40)20-26(12-7-8-16-32-2)37-30(42)22-28(15-11-19-35-5)39-31(43)23-27(14-10-18-34-4)38-29(41)21-25(36-6)13-9-17-33-3/h25-28,32-36H,7-23H2,1-6H3,(H,37,42)(H,38,41)(H,39,43). The minimum atomic E-state index is -0.336. The molecule has 8 N–H and O–H groups in total. The zero-order valence-electron chi connectivity index (χ0n) is 28.0. The van der Waals surface area contributed by atoms with Gasteiger partial charge in [0, 0.05) is 49.9 Å². The summed E-state index contributed by atoms with van der Waals surface area (Å²) in [7, 11) is 9.44. The Labute approximate surface area is 261 Å². The highest BCUT2D eigenvalue weighted by atomic mass is 16.2. The molecule has 0 aliphatic rings. The van der Waals surface area contributed by atoms with Crippen LogP contribution in [0.25, 0.3) is 0 Å². The van der Waals surface area contributed by atoms with Crippen LogP contribution in [0.3, 0.4) is 0 Å². The molecule has 0 fully saturated rings. The van der Waals surface area contributed by atoms with Crippen molar-refractivity contribution in [1.82, 2.24) is 42.5 Å². The largest absolute Gasteiger partial charge is 0.353 e. The van der Waals surface area contributed by atoms with Gasteiger partial charge in [0.2, 0.25) is 17.7 Å². The van der Waals surface area contributed by atoms with Crippen LogP contribution in [0.2, 0.25) is 0 Å². The maximum Gasteiger partial charge on any atom is 0.222 e. The molecule has 43 heavy (non-hydrogen) atoms. The predicted molar refractivity (Wildman–Crippen MR) is 175 cm³/mol. The van der Waals surface area contributed by atoms with Crippen molar-refractivity contribution in [3.05, 3.63) is 0 Å². The molecule has 0 aliphatic heterocycles. The zero-order chi connectivity index (χ0) is 32.3. The van der Waals surface area contributed by atoms with E-state index in [0.29, 0.717) is 25.7 Å². The van der Waals surface area contributed by atoms with Crippen LogP contribution in [-0.4, -0.2) is 109 Å². The topological polar surface area (TPSA) is 165 Å². The third-order valence-electron chi connectivity index (χ3n) is 7.50. The van der Waals surface area contributed by atoms with Crippen molar-refractivity contribution in [3.63, 3.8) is 0 Å². The summed E-state index contributed by atoms with van der Waals surface area (Å²) in [6, 6.07) is -0.759. The molecule has 0 aromatic carbocycles. The number of rotatable bonds is 29. The van der Waals surface area contributed by atoms with E-state index in [0.717, 1.165) is 71.1 Å². The number of ketones is 1. The lowest BCUT2D eigenvalue weighted by Crippen LogP contribution is -2.45. The Morgan fingerprint density at radius 3 is 1.14 bits per heavy atom. The predicted octanol–water partition coefficient (Wildman–Crippen LogP) is 0.567. The lowest BCUT2D eigenvalue weighted by molar-refractivity contribution is -0.124. The van der Waals surface area contributed by atoms with Crippen LogP contribution < -0.4 is 42.5 Å². The Hall–Kier alpha value is -2.12. The van der Waals surface area contributed by atoms with E-state index in [1.165, 1.54) is 0 Å². The van der Waals surface area contributed by atoms with Crippen molar-refractivity contribution in [2.45, 2.75) is 115 Å². The van der Waals surface area contributed by atoms with Crippen LogP contribution in [0.5, 0.6) is 0 Å². The van der Waals surface area contributed by atoms with E-state index in [1.54, 1.807) is 6.92 Å². The molecule has 4 atom stereocenters. The first-order chi connectivity index (χ1) is 20.7. The first kappa shape index (κ1) is 40.9. The highest BCUT2D eigenvalue weighted by Crippen LogP contribution is 2.10. The number of amides is 3. The van der Waals surface area contributed by atoms with E-state index in [2.05, 4.69) is 42.5 Å². The average molecular weight is 613 g/mol. The lowest BCUT2D eigenvalue weighted by atomic mass is 10.0.